The molecule has 1 atom stereocenters. The fourth-order valence-corrected chi connectivity index (χ4v) is 5.97. The maximum Gasteiger partial charge on any atom is 0.410 e. The number of nitriles is 1. The molecule has 2 aromatic carbocycles. The number of hydrogen-bond donors (Lipinski definition) is 0. The van der Waals surface area contributed by atoms with Crippen molar-refractivity contribution >= 4 is 34.4 Å². The van der Waals surface area contributed by atoms with Gasteiger partial charge in [0.25, 0.3) is 0 Å². The Morgan fingerprint density at radius 2 is 1.89 bits per heavy atom. The van der Waals surface area contributed by atoms with Gasteiger partial charge in [-0.3, -0.25) is 14.5 Å². The third-order valence-corrected chi connectivity index (χ3v) is 8.02. The van der Waals surface area contributed by atoms with E-state index < -0.39 is 30.5 Å². The van der Waals surface area contributed by atoms with Gasteiger partial charge in [-0.25, -0.2) is 18.7 Å². The highest BCUT2D eigenvalue weighted by Crippen LogP contribution is 2.43. The molecule has 0 unspecified atom stereocenters. The Balaban J connectivity index is 1.50. The summed E-state index contributed by atoms with van der Waals surface area (Å²) in [5, 5.41) is 18.5. The van der Waals surface area contributed by atoms with Crippen LogP contribution in [-0.2, 0) is 22.9 Å². The summed E-state index contributed by atoms with van der Waals surface area (Å²) in [6, 6.07) is 8.14. The van der Waals surface area contributed by atoms with Crippen LogP contribution in [0.4, 0.5) is 20.7 Å². The van der Waals surface area contributed by atoms with E-state index >= 15 is 4.39 Å². The lowest BCUT2D eigenvalue weighted by Gasteiger charge is -2.35. The van der Waals surface area contributed by atoms with Crippen LogP contribution in [0.2, 0.25) is 0 Å². The highest BCUT2D eigenvalue weighted by atomic mass is 19.1. The number of carbonyl (C=O) groups excluding carboxylic acids is 2. The van der Waals surface area contributed by atoms with Crippen LogP contribution in [0.15, 0.2) is 48.7 Å². The summed E-state index contributed by atoms with van der Waals surface area (Å²) in [6.07, 6.45) is 4.11. The number of ether oxygens (including phenoxy) is 1. The van der Waals surface area contributed by atoms with Gasteiger partial charge in [-0.1, -0.05) is 0 Å². The third-order valence-electron chi connectivity index (χ3n) is 8.02. The second-order valence-corrected chi connectivity index (χ2v) is 12.1. The Morgan fingerprint density at radius 3 is 2.53 bits per heavy atom. The van der Waals surface area contributed by atoms with E-state index in [4.69, 9.17) is 13.9 Å². The molecule has 230 valence electrons. The quantitative estimate of drug-likeness (QED) is 0.271. The number of aryl methyl sites for hydroxylation is 3. The lowest BCUT2D eigenvalue weighted by Crippen LogP contribution is -2.42. The first-order valence-corrected chi connectivity index (χ1v) is 14.4. The average molecular weight is 612 g/mol. The smallest absolute Gasteiger partial charge is 0.410 e. The Labute approximate surface area is 264 Å². The van der Waals surface area contributed by atoms with Gasteiger partial charge in [-0.15, -0.1) is 0 Å². The third kappa shape index (κ3) is 4.82. The van der Waals surface area contributed by atoms with E-state index in [0.717, 1.165) is 22.0 Å². The number of halogens is 1. The Hall–Kier alpha value is -5.40. The lowest BCUT2D eigenvalue weighted by molar-refractivity contribution is 0.0160. The summed E-state index contributed by atoms with van der Waals surface area (Å²) in [4.78, 5) is 30.6. The maximum absolute atomic E-state index is 16.0. The van der Waals surface area contributed by atoms with Crippen LogP contribution in [0, 0.1) is 31.0 Å². The van der Waals surface area contributed by atoms with Crippen LogP contribution in [0.1, 0.15) is 65.8 Å². The minimum absolute atomic E-state index is 0.0295. The van der Waals surface area contributed by atoms with E-state index in [1.807, 2.05) is 38.8 Å². The summed E-state index contributed by atoms with van der Waals surface area (Å²) in [7, 11) is 0. The Bertz CT molecular complexity index is 2090. The minimum Gasteiger partial charge on any atom is -0.444 e. The van der Waals surface area contributed by atoms with Crippen molar-refractivity contribution < 1.29 is 22.8 Å². The van der Waals surface area contributed by atoms with E-state index in [9.17, 15) is 14.9 Å². The van der Waals surface area contributed by atoms with Crippen molar-refractivity contribution in [3.63, 3.8) is 0 Å². The number of amides is 1. The molecule has 0 N–H and O–H groups in total. The zero-order valence-corrected chi connectivity index (χ0v) is 25.7. The number of fused-ring (bicyclic) bond motifs is 2. The molecule has 4 aromatic rings. The molecule has 2 aliphatic heterocycles. The molecule has 6 rings (SSSR count). The predicted octanol–water partition coefficient (Wildman–Crippen LogP) is 5.71. The summed E-state index contributed by atoms with van der Waals surface area (Å²) in [5.41, 5.74) is 3.28. The van der Waals surface area contributed by atoms with E-state index in [1.165, 1.54) is 28.1 Å². The summed E-state index contributed by atoms with van der Waals surface area (Å²) in [6.45, 7) is 8.61. The molecule has 45 heavy (non-hydrogen) atoms. The second kappa shape index (κ2) is 10.6. The average Bonchev–Trinajstić information content (AvgIpc) is 3.71. The van der Waals surface area contributed by atoms with E-state index in [1.54, 1.807) is 36.6 Å². The first-order valence-electron chi connectivity index (χ1n) is 15.9. The van der Waals surface area contributed by atoms with Crippen LogP contribution in [-0.4, -0.2) is 48.6 Å². The number of carbonyl (C=O) groups is 1. The number of benzene rings is 2. The second-order valence-electron chi connectivity index (χ2n) is 12.1. The SMILES string of the molecule is [2H]C([2H])([2H])n1ncc2c(F)c(N3C=CN(c4c5c(nn4-c4cc(C)c(C#N)c(C)c4)CCN(C(=O)OC(C)(C)C)[C@H]5C)C3=C=O)ccc21. The normalized spacial score (nSPS) is 17.6. The number of nitrogens with zero attached hydrogens (tertiary/aromatic N) is 8. The minimum atomic E-state index is -2.61. The molecule has 0 saturated carbocycles. The van der Waals surface area contributed by atoms with Crippen molar-refractivity contribution in [2.45, 2.75) is 59.6 Å². The molecule has 0 fully saturated rings. The van der Waals surface area contributed by atoms with Gasteiger partial charge in [0.2, 0.25) is 5.82 Å². The van der Waals surface area contributed by atoms with Crippen molar-refractivity contribution in [2.24, 2.45) is 6.98 Å². The number of anilines is 2. The van der Waals surface area contributed by atoms with Gasteiger partial charge in [0.1, 0.15) is 11.4 Å². The van der Waals surface area contributed by atoms with Crippen LogP contribution in [0.5, 0.6) is 0 Å². The van der Waals surface area contributed by atoms with Crippen molar-refractivity contribution in [2.75, 3.05) is 16.3 Å². The van der Waals surface area contributed by atoms with Crippen molar-refractivity contribution in [1.29, 1.82) is 5.26 Å². The molecule has 0 radical (unpaired) electrons. The molecule has 0 aliphatic carbocycles. The molecule has 2 aliphatic rings. The molecule has 2 aromatic heterocycles. The van der Waals surface area contributed by atoms with Gasteiger partial charge in [0.15, 0.2) is 11.8 Å². The van der Waals surface area contributed by atoms with Crippen molar-refractivity contribution in [3.8, 4) is 11.8 Å². The molecule has 0 saturated heterocycles. The van der Waals surface area contributed by atoms with Gasteiger partial charge < -0.3 is 9.64 Å². The van der Waals surface area contributed by atoms with Gasteiger partial charge in [0.05, 0.1) is 51.8 Å². The van der Waals surface area contributed by atoms with E-state index in [0.29, 0.717) is 41.3 Å². The highest BCUT2D eigenvalue weighted by Gasteiger charge is 2.40. The van der Waals surface area contributed by atoms with Gasteiger partial charge in [0, 0.05) is 42.0 Å². The van der Waals surface area contributed by atoms with Gasteiger partial charge in [-0.05, 0) is 76.9 Å². The predicted molar refractivity (Wildman–Crippen MR) is 167 cm³/mol. The number of aromatic nitrogens is 4. The molecule has 1 amide bonds. The first-order chi connectivity index (χ1) is 22.6. The van der Waals surface area contributed by atoms with E-state index in [2.05, 4.69) is 11.2 Å². The van der Waals surface area contributed by atoms with Crippen molar-refractivity contribution in [1.82, 2.24) is 24.5 Å². The number of rotatable bonds is 3. The zero-order valence-electron chi connectivity index (χ0n) is 28.7. The molecule has 11 nitrogen and oxygen atoms in total. The summed E-state index contributed by atoms with van der Waals surface area (Å²) in [5.74, 6) is 1.50. The van der Waals surface area contributed by atoms with Gasteiger partial charge >= 0.3 is 6.09 Å². The Kier molecular flexibility index (Phi) is 6.16. The topological polar surface area (TPSA) is 113 Å². The molecule has 0 bridgehead atoms. The lowest BCUT2D eigenvalue weighted by atomic mass is 9.99. The number of hydrogen-bond acceptors (Lipinski definition) is 8. The monoisotopic (exact) mass is 611 g/mol. The van der Waals surface area contributed by atoms with Crippen molar-refractivity contribution in [3.05, 3.63) is 82.4 Å². The zero-order chi connectivity index (χ0) is 34.9. The van der Waals surface area contributed by atoms with E-state index in [-0.39, 0.29) is 22.4 Å². The molecule has 12 heteroatoms. The van der Waals surface area contributed by atoms with Crippen LogP contribution in [0.25, 0.3) is 16.6 Å². The summed E-state index contributed by atoms with van der Waals surface area (Å²) >= 11 is 0. The van der Waals surface area contributed by atoms with Gasteiger partial charge in [-0.2, -0.15) is 15.5 Å². The highest BCUT2D eigenvalue weighted by molar-refractivity contribution is 5.87. The van der Waals surface area contributed by atoms with Crippen LogP contribution >= 0.6 is 0 Å². The van der Waals surface area contributed by atoms with Crippen LogP contribution in [0.3, 0.4) is 0 Å². The first kappa shape index (κ1) is 26.0. The fourth-order valence-electron chi connectivity index (χ4n) is 5.97. The molecule has 0 spiro atoms. The molecular formula is C33H33FN8O3. The largest absolute Gasteiger partial charge is 0.444 e. The fraction of sp³-hybridized carbons (Fsp3) is 0.333. The maximum atomic E-state index is 16.0. The van der Waals surface area contributed by atoms with Crippen LogP contribution < -0.4 is 9.80 Å². The Morgan fingerprint density at radius 1 is 1.18 bits per heavy atom. The summed E-state index contributed by atoms with van der Waals surface area (Å²) < 4.78 is 47.3. The molecule has 4 heterocycles. The standard InChI is InChI=1S/C33H33FN8O3/c1-19-14-22(15-20(2)23(19)16-35)42-31(29-21(3)39(11-10-25(29)37-42)32(44)45-33(4,5)6)41-13-12-40(28(41)18-43)27-9-8-26-24(30(27)34)17-36-38(26)7/h8-9,12-15,17,21H,10-11H2,1-7H3/t21-/m0/s1/i7D3. The molecular weight excluding hydrogens is 575 g/mol.